The maximum absolute atomic E-state index is 11.2. The minimum absolute atomic E-state index is 0.500. The summed E-state index contributed by atoms with van der Waals surface area (Å²) in [5.74, 6) is -0.943. The third-order valence-corrected chi connectivity index (χ3v) is 3.51. The van der Waals surface area contributed by atoms with Crippen molar-refractivity contribution in [2.24, 2.45) is 0 Å². The largest absolute Gasteiger partial charge is 0.481 e. The standard InChI is InChI=1S/C15H15N3O2/c1-2-9(15(19)20)14-17-8-13(18-14)11-7-16-12-6-4-3-5-10(11)12/h3-9,16H,2H2,1H3,(H,17,18)(H,19,20). The van der Waals surface area contributed by atoms with Gasteiger partial charge in [0.05, 0.1) is 11.9 Å². The van der Waals surface area contributed by atoms with Crippen LogP contribution >= 0.6 is 0 Å². The number of rotatable bonds is 4. The first-order valence-corrected chi connectivity index (χ1v) is 6.55. The average Bonchev–Trinajstić information content (AvgIpc) is 3.05. The molecule has 0 radical (unpaired) electrons. The van der Waals surface area contributed by atoms with Crippen LogP contribution in [0.25, 0.3) is 22.2 Å². The second-order valence-electron chi connectivity index (χ2n) is 4.73. The Balaban J connectivity index is 2.04. The van der Waals surface area contributed by atoms with Crippen molar-refractivity contribution >= 4 is 16.9 Å². The Hall–Kier alpha value is -2.56. The van der Waals surface area contributed by atoms with Crippen LogP contribution in [0.5, 0.6) is 0 Å². The second-order valence-corrected chi connectivity index (χ2v) is 4.73. The number of hydrogen-bond acceptors (Lipinski definition) is 2. The lowest BCUT2D eigenvalue weighted by Gasteiger charge is -2.05. The molecule has 3 rings (SSSR count). The molecule has 0 amide bonds. The van der Waals surface area contributed by atoms with Gasteiger partial charge in [-0.3, -0.25) is 4.79 Å². The predicted octanol–water partition coefficient (Wildman–Crippen LogP) is 3.14. The van der Waals surface area contributed by atoms with E-state index in [-0.39, 0.29) is 0 Å². The zero-order chi connectivity index (χ0) is 14.1. The Kier molecular flexibility index (Phi) is 3.02. The molecular formula is C15H15N3O2. The van der Waals surface area contributed by atoms with Crippen LogP contribution in [0.15, 0.2) is 36.7 Å². The first kappa shape index (κ1) is 12.5. The van der Waals surface area contributed by atoms with Crippen LogP contribution in [-0.2, 0) is 4.79 Å². The zero-order valence-corrected chi connectivity index (χ0v) is 11.1. The molecule has 0 fully saturated rings. The number of carboxylic acid groups (broad SMARTS) is 1. The first-order valence-electron chi connectivity index (χ1n) is 6.55. The van der Waals surface area contributed by atoms with E-state index < -0.39 is 11.9 Å². The fourth-order valence-electron chi connectivity index (χ4n) is 2.43. The lowest BCUT2D eigenvalue weighted by Crippen LogP contribution is -2.11. The van der Waals surface area contributed by atoms with Gasteiger partial charge in [0.25, 0.3) is 0 Å². The van der Waals surface area contributed by atoms with Crippen molar-refractivity contribution < 1.29 is 9.90 Å². The molecule has 1 atom stereocenters. The molecule has 5 heteroatoms. The summed E-state index contributed by atoms with van der Waals surface area (Å²) < 4.78 is 0. The van der Waals surface area contributed by atoms with E-state index in [1.54, 1.807) is 6.20 Å². The minimum Gasteiger partial charge on any atom is -0.481 e. The Bertz CT molecular complexity index is 757. The van der Waals surface area contributed by atoms with Gasteiger partial charge in [0.2, 0.25) is 0 Å². The molecule has 0 aliphatic rings. The number of fused-ring (bicyclic) bond motifs is 1. The molecular weight excluding hydrogens is 254 g/mol. The van der Waals surface area contributed by atoms with Crippen LogP contribution in [0.4, 0.5) is 0 Å². The minimum atomic E-state index is -0.854. The summed E-state index contributed by atoms with van der Waals surface area (Å²) in [5.41, 5.74) is 2.88. The smallest absolute Gasteiger partial charge is 0.314 e. The number of nitrogens with one attached hydrogen (secondary N) is 2. The highest BCUT2D eigenvalue weighted by atomic mass is 16.4. The molecule has 0 aliphatic heterocycles. The van der Waals surface area contributed by atoms with E-state index in [2.05, 4.69) is 15.0 Å². The van der Waals surface area contributed by atoms with Crippen LogP contribution in [-0.4, -0.2) is 26.0 Å². The van der Waals surface area contributed by atoms with Gasteiger partial charge in [0, 0.05) is 22.7 Å². The molecule has 102 valence electrons. The number of hydrogen-bond donors (Lipinski definition) is 3. The molecule has 0 spiro atoms. The SMILES string of the molecule is CCC(C(=O)O)c1ncc(-c2c[nH]c3ccccc23)[nH]1. The number of nitrogens with zero attached hydrogens (tertiary/aromatic N) is 1. The van der Waals surface area contributed by atoms with Gasteiger partial charge < -0.3 is 15.1 Å². The monoisotopic (exact) mass is 269 g/mol. The maximum atomic E-state index is 11.2. The van der Waals surface area contributed by atoms with E-state index in [0.29, 0.717) is 12.2 Å². The summed E-state index contributed by atoms with van der Waals surface area (Å²) in [6.07, 6.45) is 4.11. The molecule has 3 N–H and O–H groups in total. The Morgan fingerprint density at radius 2 is 2.20 bits per heavy atom. The first-order chi connectivity index (χ1) is 9.70. The Labute approximate surface area is 115 Å². The summed E-state index contributed by atoms with van der Waals surface area (Å²) in [4.78, 5) is 21.7. The molecule has 2 aromatic heterocycles. The van der Waals surface area contributed by atoms with Gasteiger partial charge in [-0.1, -0.05) is 25.1 Å². The van der Waals surface area contributed by atoms with E-state index in [4.69, 9.17) is 0 Å². The lowest BCUT2D eigenvalue weighted by molar-refractivity contribution is -0.139. The van der Waals surface area contributed by atoms with E-state index >= 15 is 0 Å². The van der Waals surface area contributed by atoms with Gasteiger partial charge in [0.15, 0.2) is 0 Å². The molecule has 2 heterocycles. The van der Waals surface area contributed by atoms with Crippen molar-refractivity contribution in [3.05, 3.63) is 42.5 Å². The van der Waals surface area contributed by atoms with Crippen LogP contribution in [0, 0.1) is 0 Å². The molecule has 20 heavy (non-hydrogen) atoms. The highest BCUT2D eigenvalue weighted by Gasteiger charge is 2.21. The molecule has 1 unspecified atom stereocenters. The van der Waals surface area contributed by atoms with Crippen molar-refractivity contribution in [2.75, 3.05) is 0 Å². The Morgan fingerprint density at radius 1 is 1.40 bits per heavy atom. The van der Waals surface area contributed by atoms with Gasteiger partial charge in [0.1, 0.15) is 11.7 Å². The number of para-hydroxylation sites is 1. The Morgan fingerprint density at radius 3 is 2.95 bits per heavy atom. The summed E-state index contributed by atoms with van der Waals surface area (Å²) in [7, 11) is 0. The number of carboxylic acids is 1. The number of benzene rings is 1. The molecule has 0 saturated carbocycles. The van der Waals surface area contributed by atoms with Gasteiger partial charge in [-0.2, -0.15) is 0 Å². The van der Waals surface area contributed by atoms with Crippen molar-refractivity contribution in [3.8, 4) is 11.3 Å². The fourth-order valence-corrected chi connectivity index (χ4v) is 2.43. The average molecular weight is 269 g/mol. The number of imidazole rings is 1. The summed E-state index contributed by atoms with van der Waals surface area (Å²) in [6.45, 7) is 1.84. The number of aromatic nitrogens is 3. The van der Waals surface area contributed by atoms with Crippen molar-refractivity contribution in [1.29, 1.82) is 0 Å². The molecule has 0 aliphatic carbocycles. The quantitative estimate of drug-likeness (QED) is 0.680. The third kappa shape index (κ3) is 1.97. The molecule has 1 aromatic carbocycles. The second kappa shape index (κ2) is 4.85. The normalized spacial score (nSPS) is 12.7. The fraction of sp³-hybridized carbons (Fsp3) is 0.200. The molecule has 0 bridgehead atoms. The van der Waals surface area contributed by atoms with Gasteiger partial charge in [-0.05, 0) is 12.5 Å². The van der Waals surface area contributed by atoms with Crippen LogP contribution in [0.2, 0.25) is 0 Å². The maximum Gasteiger partial charge on any atom is 0.314 e. The van der Waals surface area contributed by atoms with Gasteiger partial charge in [-0.15, -0.1) is 0 Å². The number of H-pyrrole nitrogens is 2. The summed E-state index contributed by atoms with van der Waals surface area (Å²) in [5, 5.41) is 10.3. The van der Waals surface area contributed by atoms with Crippen molar-refractivity contribution in [1.82, 2.24) is 15.0 Å². The predicted molar refractivity (Wildman–Crippen MR) is 76.5 cm³/mol. The number of carbonyl (C=O) groups is 1. The number of aliphatic carboxylic acids is 1. The summed E-state index contributed by atoms with van der Waals surface area (Å²) in [6, 6.07) is 7.97. The van der Waals surface area contributed by atoms with Crippen LogP contribution in [0.1, 0.15) is 25.1 Å². The van der Waals surface area contributed by atoms with Crippen molar-refractivity contribution in [3.63, 3.8) is 0 Å². The summed E-state index contributed by atoms with van der Waals surface area (Å²) >= 11 is 0. The molecule has 0 saturated heterocycles. The lowest BCUT2D eigenvalue weighted by atomic mass is 10.1. The highest BCUT2D eigenvalue weighted by Crippen LogP contribution is 2.28. The van der Waals surface area contributed by atoms with Crippen molar-refractivity contribution in [2.45, 2.75) is 19.3 Å². The van der Waals surface area contributed by atoms with Gasteiger partial charge in [-0.25, -0.2) is 4.98 Å². The molecule has 5 nitrogen and oxygen atoms in total. The third-order valence-electron chi connectivity index (χ3n) is 3.51. The van der Waals surface area contributed by atoms with Gasteiger partial charge >= 0.3 is 5.97 Å². The van der Waals surface area contributed by atoms with E-state index in [1.807, 2.05) is 37.4 Å². The van der Waals surface area contributed by atoms with E-state index in [1.165, 1.54) is 0 Å². The van der Waals surface area contributed by atoms with E-state index in [0.717, 1.165) is 22.2 Å². The van der Waals surface area contributed by atoms with Crippen LogP contribution < -0.4 is 0 Å². The number of aromatic amines is 2. The zero-order valence-electron chi connectivity index (χ0n) is 11.1. The highest BCUT2D eigenvalue weighted by molar-refractivity contribution is 5.94. The van der Waals surface area contributed by atoms with Crippen LogP contribution in [0.3, 0.4) is 0 Å². The topological polar surface area (TPSA) is 81.8 Å². The molecule has 3 aromatic rings. The van der Waals surface area contributed by atoms with E-state index in [9.17, 15) is 9.90 Å².